The molecule has 144 valence electrons. The van der Waals surface area contributed by atoms with Crippen molar-refractivity contribution < 1.29 is 24.1 Å². The molecule has 27 heavy (non-hydrogen) atoms. The molecule has 0 bridgehead atoms. The number of aryl methyl sites for hydroxylation is 2. The lowest BCUT2D eigenvalue weighted by atomic mass is 9.79. The number of methoxy groups -OCH3 is 1. The second-order valence-corrected chi connectivity index (χ2v) is 6.64. The summed E-state index contributed by atoms with van der Waals surface area (Å²) in [6.07, 6.45) is 0. The summed E-state index contributed by atoms with van der Waals surface area (Å²) in [5, 5.41) is 11.1. The van der Waals surface area contributed by atoms with Gasteiger partial charge in [0, 0.05) is 18.7 Å². The molecule has 0 aliphatic rings. The van der Waals surface area contributed by atoms with Crippen molar-refractivity contribution in [2.24, 2.45) is 0 Å². The fourth-order valence-corrected chi connectivity index (χ4v) is 2.97. The molecular formula is C19H23N3O5. The van der Waals surface area contributed by atoms with E-state index in [2.05, 4.69) is 25.3 Å². The fourth-order valence-electron chi connectivity index (χ4n) is 2.97. The van der Waals surface area contributed by atoms with Crippen molar-refractivity contribution in [1.29, 1.82) is 0 Å². The molecule has 1 heterocycles. The van der Waals surface area contributed by atoms with Gasteiger partial charge in [0.25, 0.3) is 0 Å². The van der Waals surface area contributed by atoms with Gasteiger partial charge in [-0.15, -0.1) is 10.2 Å². The lowest BCUT2D eigenvalue weighted by Gasteiger charge is -2.26. The van der Waals surface area contributed by atoms with E-state index in [0.717, 1.165) is 22.4 Å². The highest BCUT2D eigenvalue weighted by Crippen LogP contribution is 2.33. The van der Waals surface area contributed by atoms with E-state index in [1.807, 2.05) is 26.0 Å². The Kier molecular flexibility index (Phi) is 5.99. The highest BCUT2D eigenvalue weighted by Gasteiger charge is 2.36. The minimum absolute atomic E-state index is 0.427. The summed E-state index contributed by atoms with van der Waals surface area (Å²) in [5.74, 6) is -0.342. The van der Waals surface area contributed by atoms with Crippen molar-refractivity contribution in [2.75, 3.05) is 12.4 Å². The normalized spacial score (nSPS) is 10.9. The molecule has 0 aliphatic heterocycles. The molecule has 0 atom stereocenters. The van der Waals surface area contributed by atoms with Crippen LogP contribution < -0.4 is 10.1 Å². The van der Waals surface area contributed by atoms with Crippen LogP contribution in [0.25, 0.3) is 0 Å². The van der Waals surface area contributed by atoms with Gasteiger partial charge in [0.05, 0.1) is 12.5 Å². The van der Waals surface area contributed by atoms with Crippen LogP contribution in [0, 0.1) is 13.8 Å². The van der Waals surface area contributed by atoms with E-state index in [9.17, 15) is 9.59 Å². The summed E-state index contributed by atoms with van der Waals surface area (Å²) in [4.78, 5) is 32.3. The van der Waals surface area contributed by atoms with Gasteiger partial charge < -0.3 is 10.1 Å². The molecule has 1 aromatic carbocycles. The van der Waals surface area contributed by atoms with Gasteiger partial charge in [-0.2, -0.15) is 0 Å². The van der Waals surface area contributed by atoms with Gasteiger partial charge in [-0.05, 0) is 62.6 Å². The van der Waals surface area contributed by atoms with Crippen LogP contribution in [0.5, 0.6) is 5.88 Å². The van der Waals surface area contributed by atoms with Crippen LogP contribution in [-0.2, 0) is 24.8 Å². The number of rotatable bonds is 5. The fraction of sp³-hybridized carbons (Fsp3) is 0.368. The second-order valence-electron chi connectivity index (χ2n) is 6.64. The van der Waals surface area contributed by atoms with Gasteiger partial charge in [-0.25, -0.2) is 19.4 Å². The first-order valence-electron chi connectivity index (χ1n) is 8.31. The average Bonchev–Trinajstić information content (AvgIpc) is 2.59. The second kappa shape index (κ2) is 8.03. The molecule has 1 N–H and O–H groups in total. The molecule has 0 amide bonds. The monoisotopic (exact) mass is 373 g/mol. The minimum Gasteiger partial charge on any atom is -0.480 e. The van der Waals surface area contributed by atoms with Crippen molar-refractivity contribution in [2.45, 2.75) is 40.0 Å². The van der Waals surface area contributed by atoms with Gasteiger partial charge in [0.1, 0.15) is 0 Å². The number of nitrogens with one attached hydrogen (secondary N) is 1. The Labute approximate surface area is 157 Å². The third-order valence-electron chi connectivity index (χ3n) is 4.02. The third kappa shape index (κ3) is 4.72. The van der Waals surface area contributed by atoms with E-state index < -0.39 is 17.4 Å². The molecule has 0 aliphatic carbocycles. The Balaban J connectivity index is 2.27. The Morgan fingerprint density at radius 2 is 1.67 bits per heavy atom. The standard InChI is InChI=1S/C19H23N3O5/c1-11-9-14(20-15-7-8-16(25-6)22-21-15)10-12(2)17(11)19(4,5)18(24)27-26-13(3)23/h7-10H,1-6H3,(H,20,21). The number of carbonyl (C=O) groups is 2. The highest BCUT2D eigenvalue weighted by atomic mass is 17.2. The SMILES string of the molecule is COc1ccc(Nc2cc(C)c(C(C)(C)C(=O)OOC(C)=O)c(C)c2)nn1. The number of hydrogen-bond donors (Lipinski definition) is 1. The number of hydrogen-bond acceptors (Lipinski definition) is 8. The van der Waals surface area contributed by atoms with Crippen molar-refractivity contribution >= 4 is 23.4 Å². The summed E-state index contributed by atoms with van der Waals surface area (Å²) in [6.45, 7) is 8.40. The molecule has 0 radical (unpaired) electrons. The molecule has 0 unspecified atom stereocenters. The van der Waals surface area contributed by atoms with E-state index in [4.69, 9.17) is 4.74 Å². The Bertz CT molecular complexity index is 824. The number of ether oxygens (including phenoxy) is 1. The van der Waals surface area contributed by atoms with Crippen LogP contribution in [0.2, 0.25) is 0 Å². The number of benzene rings is 1. The number of carbonyl (C=O) groups excluding carboxylic acids is 2. The molecule has 8 nitrogen and oxygen atoms in total. The van der Waals surface area contributed by atoms with Crippen molar-refractivity contribution in [3.63, 3.8) is 0 Å². The maximum atomic E-state index is 12.4. The maximum absolute atomic E-state index is 12.4. The Morgan fingerprint density at radius 3 is 2.15 bits per heavy atom. The first kappa shape index (κ1) is 20.2. The predicted molar refractivity (Wildman–Crippen MR) is 98.7 cm³/mol. The summed E-state index contributed by atoms with van der Waals surface area (Å²) in [5.41, 5.74) is 2.36. The summed E-state index contributed by atoms with van der Waals surface area (Å²) < 4.78 is 4.99. The largest absolute Gasteiger partial charge is 0.480 e. The van der Waals surface area contributed by atoms with E-state index in [0.29, 0.717) is 11.7 Å². The zero-order chi connectivity index (χ0) is 20.2. The van der Waals surface area contributed by atoms with E-state index in [1.165, 1.54) is 14.0 Å². The predicted octanol–water partition coefficient (Wildman–Crippen LogP) is 3.14. The quantitative estimate of drug-likeness (QED) is 0.630. The zero-order valence-corrected chi connectivity index (χ0v) is 16.2. The van der Waals surface area contributed by atoms with Gasteiger partial charge in [0.15, 0.2) is 5.82 Å². The van der Waals surface area contributed by atoms with Crippen molar-refractivity contribution in [3.05, 3.63) is 41.0 Å². The zero-order valence-electron chi connectivity index (χ0n) is 16.2. The average molecular weight is 373 g/mol. The van der Waals surface area contributed by atoms with Crippen LogP contribution in [0.1, 0.15) is 37.5 Å². The van der Waals surface area contributed by atoms with Crippen LogP contribution in [0.3, 0.4) is 0 Å². The van der Waals surface area contributed by atoms with Crippen LogP contribution in [0.15, 0.2) is 24.3 Å². The topological polar surface area (TPSA) is 99.6 Å². The Hall–Kier alpha value is -3.16. The number of aromatic nitrogens is 2. The molecule has 0 spiro atoms. The van der Waals surface area contributed by atoms with Crippen LogP contribution >= 0.6 is 0 Å². The third-order valence-corrected chi connectivity index (χ3v) is 4.02. The maximum Gasteiger partial charge on any atom is 0.365 e. The molecule has 0 saturated carbocycles. The lowest BCUT2D eigenvalue weighted by Crippen LogP contribution is -2.33. The smallest absolute Gasteiger partial charge is 0.365 e. The summed E-state index contributed by atoms with van der Waals surface area (Å²) in [6, 6.07) is 7.26. The van der Waals surface area contributed by atoms with Crippen LogP contribution in [-0.4, -0.2) is 29.2 Å². The van der Waals surface area contributed by atoms with Crippen LogP contribution in [0.4, 0.5) is 11.5 Å². The van der Waals surface area contributed by atoms with Gasteiger partial charge in [-0.3, -0.25) is 0 Å². The Morgan fingerprint density at radius 1 is 1.04 bits per heavy atom. The van der Waals surface area contributed by atoms with Crippen molar-refractivity contribution in [3.8, 4) is 5.88 Å². The summed E-state index contributed by atoms with van der Waals surface area (Å²) in [7, 11) is 1.52. The van der Waals surface area contributed by atoms with E-state index in [1.54, 1.807) is 26.0 Å². The first-order chi connectivity index (χ1) is 12.6. The molecule has 2 aromatic rings. The first-order valence-corrected chi connectivity index (χ1v) is 8.31. The van der Waals surface area contributed by atoms with E-state index in [-0.39, 0.29) is 0 Å². The van der Waals surface area contributed by atoms with Crippen molar-refractivity contribution in [1.82, 2.24) is 10.2 Å². The number of nitrogens with zero attached hydrogens (tertiary/aromatic N) is 2. The molecule has 2 rings (SSSR count). The highest BCUT2D eigenvalue weighted by molar-refractivity contribution is 5.84. The lowest BCUT2D eigenvalue weighted by molar-refractivity contribution is -0.261. The van der Waals surface area contributed by atoms with Gasteiger partial charge in [0.2, 0.25) is 5.88 Å². The summed E-state index contributed by atoms with van der Waals surface area (Å²) >= 11 is 0. The molecule has 0 fully saturated rings. The molecular weight excluding hydrogens is 350 g/mol. The molecule has 8 heteroatoms. The minimum atomic E-state index is -0.998. The van der Waals surface area contributed by atoms with E-state index >= 15 is 0 Å². The van der Waals surface area contributed by atoms with Gasteiger partial charge in [-0.1, -0.05) is 0 Å². The molecule has 1 aromatic heterocycles. The molecule has 0 saturated heterocycles. The number of anilines is 2. The van der Waals surface area contributed by atoms with Gasteiger partial charge >= 0.3 is 11.9 Å².